The van der Waals surface area contributed by atoms with E-state index < -0.39 is 7.14 Å². The first-order chi connectivity index (χ1) is 12.6. The van der Waals surface area contributed by atoms with Gasteiger partial charge in [-0.3, -0.25) is 0 Å². The lowest BCUT2D eigenvalue weighted by atomic mass is 10.0. The molecule has 26 heavy (non-hydrogen) atoms. The molecule has 1 heterocycles. The highest BCUT2D eigenvalue weighted by molar-refractivity contribution is 7.72. The number of benzene rings is 3. The molecule has 3 aromatic carbocycles. The van der Waals surface area contributed by atoms with Crippen LogP contribution in [0.3, 0.4) is 0 Å². The van der Waals surface area contributed by atoms with Gasteiger partial charge in [0.05, 0.1) is 0 Å². The second-order valence-corrected chi connectivity index (χ2v) is 10.7. The van der Waals surface area contributed by atoms with Crippen LogP contribution in [0, 0.1) is 13.8 Å². The van der Waals surface area contributed by atoms with Gasteiger partial charge < -0.3 is 4.57 Å². The minimum absolute atomic E-state index is 0.107. The summed E-state index contributed by atoms with van der Waals surface area (Å²) in [5, 5.41) is 1.05. The summed E-state index contributed by atoms with van der Waals surface area (Å²) in [4.78, 5) is 0. The molecule has 4 rings (SSSR count). The summed E-state index contributed by atoms with van der Waals surface area (Å²) in [5.74, 6) is 0. The van der Waals surface area contributed by atoms with E-state index in [0.29, 0.717) is 0 Å². The molecular weight excluding hydrogens is 335 g/mol. The smallest absolute Gasteiger partial charge is 0.129 e. The molecule has 0 N–H and O–H groups in total. The fourth-order valence-electron chi connectivity index (χ4n) is 4.56. The summed E-state index contributed by atoms with van der Waals surface area (Å²) in [5.41, 5.74) is 5.04. The second-order valence-electron chi connectivity index (χ2n) is 7.49. The van der Waals surface area contributed by atoms with Crippen molar-refractivity contribution in [3.8, 4) is 0 Å². The summed E-state index contributed by atoms with van der Waals surface area (Å²) in [6, 6.07) is 27.4. The molecule has 0 aromatic heterocycles. The average molecular weight is 360 g/mol. The molecular formula is C24H25OP. The van der Waals surface area contributed by atoms with E-state index in [2.05, 4.69) is 80.6 Å². The molecule has 0 amide bonds. The summed E-state index contributed by atoms with van der Waals surface area (Å²) < 4.78 is 14.8. The fourth-order valence-corrected chi connectivity index (χ4v) is 8.82. The Hall–Kier alpha value is -2.11. The van der Waals surface area contributed by atoms with Crippen LogP contribution in [0.25, 0.3) is 0 Å². The minimum atomic E-state index is -2.64. The Balaban J connectivity index is 1.91. The Bertz CT molecular complexity index is 875. The van der Waals surface area contributed by atoms with Crippen LogP contribution in [0.15, 0.2) is 78.9 Å². The molecule has 3 aromatic rings. The lowest BCUT2D eigenvalue weighted by Gasteiger charge is -2.28. The lowest BCUT2D eigenvalue weighted by Crippen LogP contribution is -2.13. The van der Waals surface area contributed by atoms with Gasteiger partial charge in [-0.25, -0.2) is 0 Å². The van der Waals surface area contributed by atoms with Crippen LogP contribution in [0.4, 0.5) is 0 Å². The number of hydrogen-bond acceptors (Lipinski definition) is 1. The van der Waals surface area contributed by atoms with Crippen LogP contribution >= 0.6 is 7.14 Å². The minimum Gasteiger partial charge on any atom is -0.317 e. The molecule has 0 unspecified atom stereocenters. The van der Waals surface area contributed by atoms with Gasteiger partial charge in [-0.1, -0.05) is 77.9 Å². The zero-order valence-electron chi connectivity index (χ0n) is 15.4. The second kappa shape index (κ2) is 6.89. The van der Waals surface area contributed by atoms with Crippen molar-refractivity contribution in [2.24, 2.45) is 0 Å². The maximum absolute atomic E-state index is 14.8. The van der Waals surface area contributed by atoms with Gasteiger partial charge >= 0.3 is 0 Å². The molecule has 2 atom stereocenters. The van der Waals surface area contributed by atoms with E-state index in [1.165, 1.54) is 22.3 Å². The first-order valence-corrected chi connectivity index (χ1v) is 11.2. The monoisotopic (exact) mass is 360 g/mol. The van der Waals surface area contributed by atoms with Crippen molar-refractivity contribution in [1.29, 1.82) is 0 Å². The maximum Gasteiger partial charge on any atom is 0.129 e. The predicted octanol–water partition coefficient (Wildman–Crippen LogP) is 6.57. The molecule has 1 saturated heterocycles. The van der Waals surface area contributed by atoms with E-state index in [0.717, 1.165) is 18.1 Å². The molecule has 0 radical (unpaired) electrons. The normalized spacial score (nSPS) is 21.6. The molecule has 0 spiro atoms. The first-order valence-electron chi connectivity index (χ1n) is 9.37. The third-order valence-electron chi connectivity index (χ3n) is 5.62. The zero-order chi connectivity index (χ0) is 18.1. The quantitative estimate of drug-likeness (QED) is 0.483. The molecule has 2 heteroatoms. The first kappa shape index (κ1) is 17.3. The molecule has 0 bridgehead atoms. The molecule has 0 aliphatic carbocycles. The largest absolute Gasteiger partial charge is 0.317 e. The van der Waals surface area contributed by atoms with Gasteiger partial charge in [0.2, 0.25) is 0 Å². The maximum atomic E-state index is 14.8. The van der Waals surface area contributed by atoms with Crippen LogP contribution < -0.4 is 5.30 Å². The van der Waals surface area contributed by atoms with Gasteiger partial charge in [0, 0.05) is 16.6 Å². The number of hydrogen-bond donors (Lipinski definition) is 0. The van der Waals surface area contributed by atoms with Gasteiger partial charge in [0.1, 0.15) is 7.14 Å². The third kappa shape index (κ3) is 2.95. The molecule has 1 aliphatic heterocycles. The van der Waals surface area contributed by atoms with Gasteiger partial charge in [-0.15, -0.1) is 0 Å². The Morgan fingerprint density at radius 3 is 1.54 bits per heavy atom. The van der Waals surface area contributed by atoms with E-state index in [1.54, 1.807) is 0 Å². The van der Waals surface area contributed by atoms with E-state index in [-0.39, 0.29) is 11.3 Å². The van der Waals surface area contributed by atoms with E-state index in [4.69, 9.17) is 0 Å². The van der Waals surface area contributed by atoms with E-state index in [1.807, 2.05) is 12.1 Å². The van der Waals surface area contributed by atoms with Crippen LogP contribution in [0.1, 0.15) is 46.4 Å². The Labute approximate surface area is 156 Å². The summed E-state index contributed by atoms with van der Waals surface area (Å²) >= 11 is 0. The highest BCUT2D eigenvalue weighted by atomic mass is 31.2. The SMILES string of the molecule is Cc1cc(C)cc(P2(=O)[C@H](c3ccccc3)CC[C@H]2c2ccccc2)c1. The van der Waals surface area contributed by atoms with Gasteiger partial charge in [0.15, 0.2) is 0 Å². The highest BCUT2D eigenvalue weighted by Gasteiger charge is 2.48. The Morgan fingerprint density at radius 1 is 0.692 bits per heavy atom. The van der Waals surface area contributed by atoms with Crippen LogP contribution in [0.5, 0.6) is 0 Å². The molecule has 1 aliphatic rings. The van der Waals surface area contributed by atoms with Gasteiger partial charge in [0.25, 0.3) is 0 Å². The lowest BCUT2D eigenvalue weighted by molar-refractivity contribution is 0.573. The van der Waals surface area contributed by atoms with Crippen molar-refractivity contribution in [3.63, 3.8) is 0 Å². The molecule has 1 fully saturated rings. The summed E-state index contributed by atoms with van der Waals surface area (Å²) in [7, 11) is -2.64. The molecule has 132 valence electrons. The van der Waals surface area contributed by atoms with Crippen molar-refractivity contribution in [2.75, 3.05) is 0 Å². The standard InChI is InChI=1S/C24H25OP/c1-18-15-19(2)17-22(16-18)26(25)23(20-9-5-3-6-10-20)13-14-24(26)21-11-7-4-8-12-21/h3-12,15-17,23-24H,13-14H2,1-2H3/t23-,24-/m0/s1. The topological polar surface area (TPSA) is 17.1 Å². The Morgan fingerprint density at radius 2 is 1.12 bits per heavy atom. The van der Waals surface area contributed by atoms with Crippen LogP contribution in [-0.2, 0) is 4.57 Å². The number of rotatable bonds is 3. The number of aryl methyl sites for hydroxylation is 2. The highest BCUT2D eigenvalue weighted by Crippen LogP contribution is 2.75. The van der Waals surface area contributed by atoms with Crippen molar-refractivity contribution in [1.82, 2.24) is 0 Å². The molecule has 0 saturated carbocycles. The summed E-state index contributed by atoms with van der Waals surface area (Å²) in [6.45, 7) is 4.21. The average Bonchev–Trinajstić information content (AvgIpc) is 3.01. The van der Waals surface area contributed by atoms with Crippen LogP contribution in [-0.4, -0.2) is 0 Å². The van der Waals surface area contributed by atoms with Crippen molar-refractivity contribution < 1.29 is 4.57 Å². The Kier molecular flexibility index (Phi) is 4.59. The van der Waals surface area contributed by atoms with Gasteiger partial charge in [-0.05, 0) is 49.9 Å². The summed E-state index contributed by atoms with van der Waals surface area (Å²) in [6.07, 6.45) is 1.96. The predicted molar refractivity (Wildman–Crippen MR) is 111 cm³/mol. The van der Waals surface area contributed by atoms with Crippen molar-refractivity contribution in [2.45, 2.75) is 38.0 Å². The molecule has 1 nitrogen and oxygen atoms in total. The van der Waals surface area contributed by atoms with Crippen LogP contribution in [0.2, 0.25) is 0 Å². The van der Waals surface area contributed by atoms with E-state index >= 15 is 0 Å². The van der Waals surface area contributed by atoms with Gasteiger partial charge in [-0.2, -0.15) is 0 Å². The van der Waals surface area contributed by atoms with Crippen molar-refractivity contribution in [3.05, 3.63) is 101 Å². The zero-order valence-corrected chi connectivity index (χ0v) is 16.3. The fraction of sp³-hybridized carbons (Fsp3) is 0.250. The third-order valence-corrected chi connectivity index (χ3v) is 9.65. The van der Waals surface area contributed by atoms with E-state index in [9.17, 15) is 4.57 Å². The van der Waals surface area contributed by atoms with Crippen molar-refractivity contribution >= 4 is 12.4 Å².